The zero-order valence-electron chi connectivity index (χ0n) is 15.6. The summed E-state index contributed by atoms with van der Waals surface area (Å²) in [5.41, 5.74) is 1.22. The highest BCUT2D eigenvalue weighted by molar-refractivity contribution is 5.60. The summed E-state index contributed by atoms with van der Waals surface area (Å²) in [6.07, 6.45) is -1.70. The predicted octanol–water partition coefficient (Wildman–Crippen LogP) is 3.41. The van der Waals surface area contributed by atoms with Crippen LogP contribution in [0.15, 0.2) is 48.9 Å². The van der Waals surface area contributed by atoms with Gasteiger partial charge in [0.1, 0.15) is 17.9 Å². The molecule has 156 valence electrons. The molecule has 1 aliphatic heterocycles. The molecular formula is C19H17F3N6O2. The van der Waals surface area contributed by atoms with Crippen molar-refractivity contribution < 1.29 is 22.6 Å². The van der Waals surface area contributed by atoms with E-state index in [0.717, 1.165) is 18.9 Å². The maximum atomic E-state index is 12.2. The fraction of sp³-hybridized carbons (Fsp3) is 0.263. The molecule has 4 rings (SSSR count). The van der Waals surface area contributed by atoms with Gasteiger partial charge in [0.2, 0.25) is 5.95 Å². The molecule has 3 aromatic rings. The average Bonchev–Trinajstić information content (AvgIpc) is 2.75. The molecule has 0 radical (unpaired) electrons. The first-order chi connectivity index (χ1) is 14.5. The molecule has 0 amide bonds. The van der Waals surface area contributed by atoms with E-state index in [1.165, 1.54) is 30.6 Å². The monoisotopic (exact) mass is 418 g/mol. The van der Waals surface area contributed by atoms with Gasteiger partial charge in [-0.25, -0.2) is 15.0 Å². The first-order valence-corrected chi connectivity index (χ1v) is 9.07. The minimum Gasteiger partial charge on any atom is -0.406 e. The van der Waals surface area contributed by atoms with Crippen LogP contribution in [-0.2, 0) is 4.74 Å². The molecule has 0 unspecified atom stereocenters. The van der Waals surface area contributed by atoms with Crippen molar-refractivity contribution in [2.75, 3.05) is 36.5 Å². The first-order valence-electron chi connectivity index (χ1n) is 9.07. The lowest BCUT2D eigenvalue weighted by atomic mass is 10.2. The van der Waals surface area contributed by atoms with Crippen LogP contribution in [0.4, 0.5) is 30.6 Å². The van der Waals surface area contributed by atoms with Crippen LogP contribution in [0.1, 0.15) is 0 Å². The van der Waals surface area contributed by atoms with E-state index in [-0.39, 0.29) is 11.7 Å². The van der Waals surface area contributed by atoms with Crippen LogP contribution in [0.25, 0.3) is 11.4 Å². The van der Waals surface area contributed by atoms with Crippen molar-refractivity contribution in [2.24, 2.45) is 0 Å². The number of benzene rings is 1. The van der Waals surface area contributed by atoms with Gasteiger partial charge in [-0.2, -0.15) is 4.98 Å². The van der Waals surface area contributed by atoms with Crippen LogP contribution in [-0.4, -0.2) is 52.6 Å². The fourth-order valence-electron chi connectivity index (χ4n) is 2.86. The summed E-state index contributed by atoms with van der Waals surface area (Å²) in [6, 6.07) is 9.04. The second-order valence-electron chi connectivity index (χ2n) is 6.33. The lowest BCUT2D eigenvalue weighted by molar-refractivity contribution is -0.274. The minimum atomic E-state index is -4.73. The molecule has 0 bridgehead atoms. The number of morpholine rings is 1. The largest absolute Gasteiger partial charge is 0.573 e. The highest BCUT2D eigenvalue weighted by atomic mass is 19.4. The van der Waals surface area contributed by atoms with Crippen molar-refractivity contribution in [1.82, 2.24) is 19.9 Å². The van der Waals surface area contributed by atoms with Crippen molar-refractivity contribution in [3.63, 3.8) is 0 Å². The summed E-state index contributed by atoms with van der Waals surface area (Å²) in [7, 11) is 0. The molecule has 0 atom stereocenters. The molecule has 0 saturated carbocycles. The number of rotatable bonds is 5. The average molecular weight is 418 g/mol. The molecule has 8 nitrogen and oxygen atoms in total. The maximum Gasteiger partial charge on any atom is 0.573 e. The van der Waals surface area contributed by atoms with E-state index in [9.17, 15) is 13.2 Å². The van der Waals surface area contributed by atoms with Crippen molar-refractivity contribution in [2.45, 2.75) is 6.36 Å². The Balaban J connectivity index is 1.45. The number of hydrogen-bond acceptors (Lipinski definition) is 8. The lowest BCUT2D eigenvalue weighted by Crippen LogP contribution is -2.36. The smallest absolute Gasteiger partial charge is 0.406 e. The molecular weight excluding hydrogens is 401 g/mol. The second-order valence-corrected chi connectivity index (χ2v) is 6.33. The van der Waals surface area contributed by atoms with Crippen LogP contribution in [0.2, 0.25) is 0 Å². The number of pyridine rings is 1. The Hall–Kier alpha value is -3.47. The Morgan fingerprint density at radius 3 is 2.40 bits per heavy atom. The molecule has 1 saturated heterocycles. The molecule has 1 fully saturated rings. The number of aromatic nitrogens is 4. The van der Waals surface area contributed by atoms with Gasteiger partial charge in [0.25, 0.3) is 0 Å². The van der Waals surface area contributed by atoms with Gasteiger partial charge in [-0.05, 0) is 36.4 Å². The third-order valence-corrected chi connectivity index (χ3v) is 4.26. The Kier molecular flexibility index (Phi) is 5.61. The molecule has 30 heavy (non-hydrogen) atoms. The van der Waals surface area contributed by atoms with Gasteiger partial charge in [0.15, 0.2) is 5.82 Å². The van der Waals surface area contributed by atoms with Gasteiger partial charge in [0.05, 0.1) is 13.2 Å². The lowest BCUT2D eigenvalue weighted by Gasteiger charge is -2.27. The molecule has 2 aromatic heterocycles. The van der Waals surface area contributed by atoms with Gasteiger partial charge in [-0.3, -0.25) is 0 Å². The zero-order valence-corrected chi connectivity index (χ0v) is 15.6. The molecule has 0 spiro atoms. The van der Waals surface area contributed by atoms with E-state index < -0.39 is 6.36 Å². The van der Waals surface area contributed by atoms with Gasteiger partial charge >= 0.3 is 6.36 Å². The highest BCUT2D eigenvalue weighted by Gasteiger charge is 2.30. The summed E-state index contributed by atoms with van der Waals surface area (Å²) >= 11 is 0. The maximum absolute atomic E-state index is 12.2. The van der Waals surface area contributed by atoms with Crippen LogP contribution >= 0.6 is 0 Å². The normalized spacial score (nSPS) is 14.4. The number of hydrogen-bond donors (Lipinski definition) is 1. The number of halogens is 3. The topological polar surface area (TPSA) is 85.3 Å². The van der Waals surface area contributed by atoms with E-state index >= 15 is 0 Å². The van der Waals surface area contributed by atoms with E-state index in [4.69, 9.17) is 4.74 Å². The molecule has 11 heteroatoms. The molecule has 1 N–H and O–H groups in total. The van der Waals surface area contributed by atoms with Gasteiger partial charge in [0, 0.05) is 30.5 Å². The van der Waals surface area contributed by atoms with E-state index in [1.54, 1.807) is 6.20 Å². The zero-order chi connectivity index (χ0) is 21.0. The first kappa shape index (κ1) is 19.8. The molecule has 1 aliphatic rings. The molecule has 3 heterocycles. The standard InChI is InChI=1S/C19H17F3N6O2/c20-19(21,22)30-15-4-2-14(3-5-15)26-18-25-12-24-17(27-18)13-1-6-16(23-11-13)28-7-9-29-10-8-28/h1-6,11-12H,7-10H2,(H,24,25,26,27). The van der Waals surface area contributed by atoms with Gasteiger partial charge in [-0.15, -0.1) is 13.2 Å². The number of nitrogens with one attached hydrogen (secondary N) is 1. The highest BCUT2D eigenvalue weighted by Crippen LogP contribution is 2.25. The summed E-state index contributed by atoms with van der Waals surface area (Å²) in [4.78, 5) is 19.2. The van der Waals surface area contributed by atoms with E-state index in [2.05, 4.69) is 34.9 Å². The number of alkyl halides is 3. The van der Waals surface area contributed by atoms with Crippen molar-refractivity contribution in [3.05, 3.63) is 48.9 Å². The molecule has 0 aliphatic carbocycles. The van der Waals surface area contributed by atoms with Gasteiger partial charge < -0.3 is 19.7 Å². The number of ether oxygens (including phenoxy) is 2. The molecule has 1 aromatic carbocycles. The van der Waals surface area contributed by atoms with E-state index in [1.807, 2.05) is 12.1 Å². The van der Waals surface area contributed by atoms with E-state index in [0.29, 0.717) is 30.3 Å². The van der Waals surface area contributed by atoms with Crippen molar-refractivity contribution in [3.8, 4) is 17.1 Å². The Bertz CT molecular complexity index is 977. The summed E-state index contributed by atoms with van der Waals surface area (Å²) in [5, 5.41) is 2.93. The Labute approximate surface area is 169 Å². The van der Waals surface area contributed by atoms with Crippen LogP contribution < -0.4 is 15.0 Å². The summed E-state index contributed by atoms with van der Waals surface area (Å²) in [5.74, 6) is 1.22. The van der Waals surface area contributed by atoms with Gasteiger partial charge in [-0.1, -0.05) is 0 Å². The SMILES string of the molecule is FC(F)(F)Oc1ccc(Nc2ncnc(-c3ccc(N4CCOCC4)nc3)n2)cc1. The van der Waals surface area contributed by atoms with Crippen LogP contribution in [0, 0.1) is 0 Å². The third-order valence-electron chi connectivity index (χ3n) is 4.26. The van der Waals surface area contributed by atoms with Crippen LogP contribution in [0.3, 0.4) is 0 Å². The number of anilines is 3. The van der Waals surface area contributed by atoms with Crippen molar-refractivity contribution >= 4 is 17.5 Å². The predicted molar refractivity (Wildman–Crippen MR) is 102 cm³/mol. The minimum absolute atomic E-state index is 0.252. The number of nitrogens with zero attached hydrogens (tertiary/aromatic N) is 5. The fourth-order valence-corrected chi connectivity index (χ4v) is 2.86. The van der Waals surface area contributed by atoms with Crippen LogP contribution in [0.5, 0.6) is 5.75 Å². The second kappa shape index (κ2) is 8.49. The Morgan fingerprint density at radius 2 is 1.73 bits per heavy atom. The third kappa shape index (κ3) is 5.11. The summed E-state index contributed by atoms with van der Waals surface area (Å²) < 4.78 is 45.9. The quantitative estimate of drug-likeness (QED) is 0.675. The Morgan fingerprint density at radius 1 is 0.967 bits per heavy atom. The van der Waals surface area contributed by atoms with Crippen molar-refractivity contribution in [1.29, 1.82) is 0 Å². The summed E-state index contributed by atoms with van der Waals surface area (Å²) in [6.45, 7) is 2.93.